The predicted octanol–water partition coefficient (Wildman–Crippen LogP) is 3.57. The lowest BCUT2D eigenvalue weighted by molar-refractivity contribution is -0.171. The number of amides is 3. The van der Waals surface area contributed by atoms with Crippen molar-refractivity contribution in [2.24, 2.45) is 5.41 Å². The first-order chi connectivity index (χ1) is 21.3. The number of hydrogen-bond acceptors (Lipinski definition) is 10. The minimum Gasteiger partial charge on any atom is -0.465 e. The van der Waals surface area contributed by atoms with Crippen LogP contribution in [0.1, 0.15) is 29.8 Å². The zero-order valence-corrected chi connectivity index (χ0v) is 25.7. The van der Waals surface area contributed by atoms with Gasteiger partial charge in [-0.25, -0.2) is 4.98 Å². The second kappa shape index (κ2) is 13.6. The van der Waals surface area contributed by atoms with Gasteiger partial charge in [-0.3, -0.25) is 24.0 Å². The van der Waals surface area contributed by atoms with Crippen LogP contribution in [0.15, 0.2) is 71.6 Å². The fraction of sp³-hybridized carbons (Fsp3) is 0.267. The molecule has 2 unspecified atom stereocenters. The third-order valence-corrected chi connectivity index (χ3v) is 9.74. The van der Waals surface area contributed by atoms with Gasteiger partial charge in [-0.1, -0.05) is 72.3 Å². The lowest BCUT2D eigenvalue weighted by Crippen LogP contribution is -2.74. The molecule has 44 heavy (non-hydrogen) atoms. The quantitative estimate of drug-likeness (QED) is 0.137. The molecule has 2 aliphatic rings. The Morgan fingerprint density at radius 2 is 1.80 bits per heavy atom. The summed E-state index contributed by atoms with van der Waals surface area (Å²) < 4.78 is 11.5. The smallest absolute Gasteiger partial charge is 0.319 e. The van der Waals surface area contributed by atoms with Crippen LogP contribution in [0.2, 0.25) is 0 Å². The number of β-lactam (4-membered cyclic amide) rings is 1. The number of aromatic nitrogens is 1. The molecule has 3 amide bonds. The molecule has 3 heterocycles. The fourth-order valence-electron chi connectivity index (χ4n) is 4.91. The number of fused-ring (bicyclic) bond motifs is 1. The molecule has 1 aromatic heterocycles. The maximum atomic E-state index is 14.0. The van der Waals surface area contributed by atoms with Crippen LogP contribution in [-0.2, 0) is 33.4 Å². The van der Waals surface area contributed by atoms with Crippen LogP contribution in [0.5, 0.6) is 0 Å². The van der Waals surface area contributed by atoms with Gasteiger partial charge in [0.2, 0.25) is 12.3 Å². The maximum absolute atomic E-state index is 14.0. The fourth-order valence-corrected chi connectivity index (χ4v) is 7.31. The molecular formula is C30H27ClN4O7S2. The van der Waals surface area contributed by atoms with Gasteiger partial charge in [0.1, 0.15) is 23.4 Å². The molecule has 2 saturated heterocycles. The highest BCUT2D eigenvalue weighted by Gasteiger charge is 2.58. The number of rotatable bonds is 11. The number of carbonyl (C=O) groups excluding carboxylic acids is 5. The van der Waals surface area contributed by atoms with Gasteiger partial charge in [0.25, 0.3) is 5.91 Å². The Morgan fingerprint density at radius 3 is 2.39 bits per heavy atom. The van der Waals surface area contributed by atoms with Crippen LogP contribution >= 0.6 is 34.7 Å². The Kier molecular flexibility index (Phi) is 9.67. The van der Waals surface area contributed by atoms with Crippen molar-refractivity contribution < 1.29 is 33.4 Å². The van der Waals surface area contributed by atoms with E-state index in [9.17, 15) is 24.0 Å². The summed E-state index contributed by atoms with van der Waals surface area (Å²) in [6, 6.07) is 17.7. The van der Waals surface area contributed by atoms with Crippen molar-refractivity contribution in [2.45, 2.75) is 24.4 Å². The molecule has 0 saturated carbocycles. The molecule has 11 nitrogen and oxygen atoms in total. The van der Waals surface area contributed by atoms with Crippen molar-refractivity contribution in [3.8, 4) is 0 Å². The summed E-state index contributed by atoms with van der Waals surface area (Å²) in [5.41, 5.74) is 1.49. The Bertz CT molecular complexity index is 1550. The molecule has 0 spiro atoms. The summed E-state index contributed by atoms with van der Waals surface area (Å²) >= 11 is 8.32. The summed E-state index contributed by atoms with van der Waals surface area (Å²) in [5.74, 6) is -2.04. The summed E-state index contributed by atoms with van der Waals surface area (Å²) in [7, 11) is 0. The average molecular weight is 655 g/mol. The largest absolute Gasteiger partial charge is 0.465 e. The third kappa shape index (κ3) is 6.49. The summed E-state index contributed by atoms with van der Waals surface area (Å²) in [5, 5.41) is 6.48. The molecule has 2 aliphatic heterocycles. The van der Waals surface area contributed by atoms with E-state index < -0.39 is 46.7 Å². The number of anilines is 1. The molecule has 3 atom stereocenters. The standard InChI is InChI=1S/C30H27ClN4O7S2/c1-18(37)41-15-30(28(40)42-24(19-8-4-2-5-9-19)20-10-6-3-7-11-20)14-35-26(39)23(27(35)44-16-30)34-25(38)21(12-31)22-13-43-29(33-22)32-17-36/h2-13,17,23-24,27H,14-16H2,1H3,(H,34,38)(H,32,33,36)/t23?,27-,30?/m1/s1. The Balaban J connectivity index is 1.32. The molecule has 2 fully saturated rings. The number of hydrogen-bond donors (Lipinski definition) is 2. The molecular weight excluding hydrogens is 628 g/mol. The van der Waals surface area contributed by atoms with Gasteiger partial charge in [-0.05, 0) is 11.1 Å². The second-order valence-corrected chi connectivity index (χ2v) is 12.3. The van der Waals surface area contributed by atoms with E-state index >= 15 is 0 Å². The average Bonchev–Trinajstić information content (AvgIpc) is 3.50. The Hall–Kier alpha value is -4.20. The lowest BCUT2D eigenvalue weighted by Gasteiger charge is -2.54. The van der Waals surface area contributed by atoms with E-state index in [1.165, 1.54) is 23.6 Å². The van der Waals surface area contributed by atoms with E-state index in [4.69, 9.17) is 21.1 Å². The molecule has 228 valence electrons. The van der Waals surface area contributed by atoms with Gasteiger partial charge in [0, 0.05) is 30.1 Å². The van der Waals surface area contributed by atoms with Gasteiger partial charge in [-0.15, -0.1) is 23.1 Å². The number of esters is 2. The van der Waals surface area contributed by atoms with Crippen LogP contribution in [0.3, 0.4) is 0 Å². The van der Waals surface area contributed by atoms with Gasteiger partial charge in [0.15, 0.2) is 11.2 Å². The molecule has 2 N–H and O–H groups in total. The van der Waals surface area contributed by atoms with E-state index in [0.717, 1.165) is 28.0 Å². The minimum absolute atomic E-state index is 0.0228. The predicted molar refractivity (Wildman–Crippen MR) is 165 cm³/mol. The zero-order chi connectivity index (χ0) is 31.3. The first-order valence-corrected chi connectivity index (χ1v) is 15.8. The summed E-state index contributed by atoms with van der Waals surface area (Å²) in [6.07, 6.45) is -0.259. The van der Waals surface area contributed by atoms with E-state index in [-0.39, 0.29) is 35.3 Å². The number of carbonyl (C=O) groups is 5. The third-order valence-electron chi connectivity index (χ3n) is 7.16. The van der Waals surface area contributed by atoms with Crippen LogP contribution in [0, 0.1) is 5.41 Å². The number of thioether (sulfide) groups is 1. The highest BCUT2D eigenvalue weighted by atomic mass is 35.5. The molecule has 0 aliphatic carbocycles. The topological polar surface area (TPSA) is 144 Å². The SMILES string of the molecule is CC(=O)OCC1(C(=O)OC(c2ccccc2)c2ccccc2)CS[C@@H]2C(NC(=O)C(=CCl)c3csc(NC=O)n3)C(=O)N2C1. The Morgan fingerprint density at radius 1 is 1.14 bits per heavy atom. The molecule has 0 radical (unpaired) electrons. The van der Waals surface area contributed by atoms with Crippen molar-refractivity contribution in [1.82, 2.24) is 15.2 Å². The first-order valence-electron chi connectivity index (χ1n) is 13.4. The lowest BCUT2D eigenvalue weighted by atomic mass is 9.87. The highest BCUT2D eigenvalue weighted by Crippen LogP contribution is 2.44. The van der Waals surface area contributed by atoms with E-state index in [1.54, 1.807) is 5.38 Å². The monoisotopic (exact) mass is 654 g/mol. The number of nitrogens with one attached hydrogen (secondary N) is 2. The van der Waals surface area contributed by atoms with Crippen molar-refractivity contribution >= 4 is 75.6 Å². The van der Waals surface area contributed by atoms with Crippen LogP contribution in [0.4, 0.5) is 5.13 Å². The Labute approximate surface area is 265 Å². The normalized spacial score (nSPS) is 21.1. The van der Waals surface area contributed by atoms with Gasteiger partial charge < -0.3 is 25.0 Å². The second-order valence-electron chi connectivity index (χ2n) is 10.1. The zero-order valence-electron chi connectivity index (χ0n) is 23.3. The molecule has 14 heteroatoms. The van der Waals surface area contributed by atoms with Crippen LogP contribution in [0.25, 0.3) is 5.57 Å². The number of ether oxygens (including phenoxy) is 2. The van der Waals surface area contributed by atoms with Crippen molar-refractivity contribution in [1.29, 1.82) is 0 Å². The van der Waals surface area contributed by atoms with Crippen molar-refractivity contribution in [3.05, 3.63) is 88.4 Å². The molecule has 5 rings (SSSR count). The number of benzene rings is 2. The molecule has 2 aromatic carbocycles. The first kappa shape index (κ1) is 31.2. The van der Waals surface area contributed by atoms with Crippen molar-refractivity contribution in [2.75, 3.05) is 24.2 Å². The number of thiazole rings is 1. The van der Waals surface area contributed by atoms with Crippen LogP contribution < -0.4 is 10.6 Å². The highest BCUT2D eigenvalue weighted by molar-refractivity contribution is 8.00. The number of halogens is 1. The van der Waals surface area contributed by atoms with Crippen LogP contribution in [-0.4, -0.2) is 70.4 Å². The van der Waals surface area contributed by atoms with E-state index in [0.29, 0.717) is 6.41 Å². The van der Waals surface area contributed by atoms with E-state index in [1.807, 2.05) is 60.7 Å². The number of nitrogens with zero attached hydrogens (tertiary/aromatic N) is 2. The summed E-state index contributed by atoms with van der Waals surface area (Å²) in [6.45, 7) is 0.901. The van der Waals surface area contributed by atoms with E-state index in [2.05, 4.69) is 15.6 Å². The van der Waals surface area contributed by atoms with Crippen molar-refractivity contribution in [3.63, 3.8) is 0 Å². The maximum Gasteiger partial charge on any atom is 0.319 e. The minimum atomic E-state index is -1.34. The summed E-state index contributed by atoms with van der Waals surface area (Å²) in [4.78, 5) is 68.5. The van der Waals surface area contributed by atoms with Gasteiger partial charge in [-0.2, -0.15) is 0 Å². The van der Waals surface area contributed by atoms with Gasteiger partial charge >= 0.3 is 11.9 Å². The van der Waals surface area contributed by atoms with Gasteiger partial charge in [0.05, 0.1) is 11.3 Å². The molecule has 3 aromatic rings. The molecule has 0 bridgehead atoms.